The predicted octanol–water partition coefficient (Wildman–Crippen LogP) is 5.71. The summed E-state index contributed by atoms with van der Waals surface area (Å²) < 4.78 is 41.8. The molecular formula is C23H26F3N3O. The molecule has 0 amide bonds. The van der Waals surface area contributed by atoms with Crippen molar-refractivity contribution in [3.05, 3.63) is 60.1 Å². The maximum atomic E-state index is 13.4. The molecule has 1 saturated carbocycles. The lowest BCUT2D eigenvalue weighted by atomic mass is 9.89. The van der Waals surface area contributed by atoms with Crippen LogP contribution in [-0.2, 0) is 5.60 Å². The van der Waals surface area contributed by atoms with Crippen molar-refractivity contribution in [2.24, 2.45) is 10.4 Å². The van der Waals surface area contributed by atoms with E-state index in [4.69, 9.17) is 0 Å². The summed E-state index contributed by atoms with van der Waals surface area (Å²) in [5.41, 5.74) is 0.157. The smallest absolute Gasteiger partial charge is 0.385 e. The van der Waals surface area contributed by atoms with Crippen LogP contribution in [0.1, 0.15) is 57.4 Å². The van der Waals surface area contributed by atoms with Crippen molar-refractivity contribution in [1.82, 2.24) is 9.78 Å². The highest BCUT2D eigenvalue weighted by molar-refractivity contribution is 5.86. The van der Waals surface area contributed by atoms with Gasteiger partial charge in [-0.15, -0.1) is 0 Å². The highest BCUT2D eigenvalue weighted by Gasteiger charge is 2.63. The number of alkyl halides is 3. The van der Waals surface area contributed by atoms with Crippen LogP contribution in [0.2, 0.25) is 0 Å². The van der Waals surface area contributed by atoms with Crippen molar-refractivity contribution in [1.29, 1.82) is 0 Å². The molecule has 0 radical (unpaired) electrons. The number of halogens is 3. The second-order valence-corrected chi connectivity index (χ2v) is 8.67. The second-order valence-electron chi connectivity index (χ2n) is 8.67. The van der Waals surface area contributed by atoms with Crippen LogP contribution in [-0.4, -0.2) is 26.8 Å². The summed E-state index contributed by atoms with van der Waals surface area (Å²) in [6.07, 6.45) is 4.03. The van der Waals surface area contributed by atoms with Crippen LogP contribution < -0.4 is 0 Å². The van der Waals surface area contributed by atoms with E-state index in [0.717, 1.165) is 29.8 Å². The standard InChI is InChI=1S/C23H26F3N3O/c1-21(30,17-7-9-20(10-8-17)29-14-4-13-27-29)15-18-5-2-3-6-19(28-18)16-22(11-12-22)23(24,25)26/h4,6-10,13-14,30H,2-3,5,11-12,15-16H2,1H3. The van der Waals surface area contributed by atoms with Gasteiger partial charge in [0, 0.05) is 36.6 Å². The minimum Gasteiger partial charge on any atom is -0.385 e. The van der Waals surface area contributed by atoms with E-state index >= 15 is 0 Å². The molecule has 1 aromatic carbocycles. The van der Waals surface area contributed by atoms with E-state index in [9.17, 15) is 18.3 Å². The van der Waals surface area contributed by atoms with E-state index < -0.39 is 17.2 Å². The Bertz CT molecular complexity index is 937. The highest BCUT2D eigenvalue weighted by Crippen LogP contribution is 2.61. The van der Waals surface area contributed by atoms with Gasteiger partial charge in [-0.2, -0.15) is 18.3 Å². The third kappa shape index (κ3) is 4.36. The number of aliphatic hydroxyl groups is 1. The lowest BCUT2D eigenvalue weighted by Crippen LogP contribution is -2.26. The van der Waals surface area contributed by atoms with E-state index in [1.165, 1.54) is 0 Å². The quantitative estimate of drug-likeness (QED) is 0.654. The average Bonchev–Trinajstić information content (AvgIpc) is 3.34. The lowest BCUT2D eigenvalue weighted by molar-refractivity contribution is -0.186. The van der Waals surface area contributed by atoms with E-state index in [1.807, 2.05) is 42.6 Å². The molecule has 1 N–H and O–H groups in total. The molecular weight excluding hydrogens is 391 g/mol. The highest BCUT2D eigenvalue weighted by atomic mass is 19.4. The minimum atomic E-state index is -4.18. The Labute approximate surface area is 174 Å². The second kappa shape index (κ2) is 7.69. The molecule has 4 rings (SSSR count). The third-order valence-electron chi connectivity index (χ3n) is 6.13. The van der Waals surface area contributed by atoms with Gasteiger partial charge in [-0.05, 0) is 62.8 Å². The Morgan fingerprint density at radius 1 is 1.17 bits per heavy atom. The molecule has 2 aliphatic rings. The van der Waals surface area contributed by atoms with Gasteiger partial charge in [0.25, 0.3) is 0 Å². The fraction of sp³-hybridized carbons (Fsp3) is 0.478. The first-order valence-corrected chi connectivity index (χ1v) is 10.3. The van der Waals surface area contributed by atoms with E-state index in [1.54, 1.807) is 17.8 Å². The molecule has 1 aromatic heterocycles. The normalized spacial score (nSPS) is 20.7. The number of allylic oxidation sites excluding steroid dienone is 2. The van der Waals surface area contributed by atoms with Crippen LogP contribution in [0, 0.1) is 5.41 Å². The van der Waals surface area contributed by atoms with Crippen molar-refractivity contribution in [3.8, 4) is 5.69 Å². The number of nitrogens with zero attached hydrogens (tertiary/aromatic N) is 3. The van der Waals surface area contributed by atoms with Gasteiger partial charge in [-0.25, -0.2) is 4.68 Å². The van der Waals surface area contributed by atoms with Crippen molar-refractivity contribution < 1.29 is 18.3 Å². The van der Waals surface area contributed by atoms with Gasteiger partial charge in [0.05, 0.1) is 16.7 Å². The van der Waals surface area contributed by atoms with Crippen LogP contribution in [0.5, 0.6) is 0 Å². The van der Waals surface area contributed by atoms with E-state index in [-0.39, 0.29) is 19.3 Å². The Morgan fingerprint density at radius 2 is 1.90 bits per heavy atom. The van der Waals surface area contributed by atoms with Gasteiger partial charge in [-0.3, -0.25) is 4.99 Å². The Morgan fingerprint density at radius 3 is 2.50 bits per heavy atom. The molecule has 2 aromatic rings. The SMILES string of the molecule is CC(O)(CC1=NC(CC2(C(F)(F)F)CC2)=CCCC1)c1ccc(-n2cccn2)cc1. The van der Waals surface area contributed by atoms with Crippen molar-refractivity contribution >= 4 is 5.71 Å². The van der Waals surface area contributed by atoms with E-state index in [2.05, 4.69) is 10.1 Å². The molecule has 1 aliphatic heterocycles. The molecule has 4 nitrogen and oxygen atoms in total. The molecule has 0 bridgehead atoms. The summed E-state index contributed by atoms with van der Waals surface area (Å²) >= 11 is 0. The Balaban J connectivity index is 1.49. The van der Waals surface area contributed by atoms with Crippen molar-refractivity contribution in [3.63, 3.8) is 0 Å². The number of hydrogen-bond acceptors (Lipinski definition) is 3. The molecule has 1 atom stereocenters. The molecule has 2 heterocycles. The first-order chi connectivity index (χ1) is 14.2. The van der Waals surface area contributed by atoms with Gasteiger partial charge in [0.15, 0.2) is 0 Å². The summed E-state index contributed by atoms with van der Waals surface area (Å²) in [7, 11) is 0. The number of rotatable bonds is 6. The van der Waals surface area contributed by atoms with Gasteiger partial charge in [0.2, 0.25) is 0 Å². The van der Waals surface area contributed by atoms with Crippen LogP contribution >= 0.6 is 0 Å². The van der Waals surface area contributed by atoms with Crippen molar-refractivity contribution in [2.45, 2.75) is 63.6 Å². The Kier molecular flexibility index (Phi) is 5.34. The summed E-state index contributed by atoms with van der Waals surface area (Å²) in [6.45, 7) is 1.73. The molecule has 160 valence electrons. The number of hydrogen-bond donors (Lipinski definition) is 1. The molecule has 0 saturated heterocycles. The molecule has 1 aliphatic carbocycles. The maximum Gasteiger partial charge on any atom is 0.394 e. The largest absolute Gasteiger partial charge is 0.394 e. The lowest BCUT2D eigenvalue weighted by Gasteiger charge is -2.25. The van der Waals surface area contributed by atoms with Crippen molar-refractivity contribution in [2.75, 3.05) is 0 Å². The average molecular weight is 417 g/mol. The fourth-order valence-electron chi connectivity index (χ4n) is 4.07. The predicted molar refractivity (Wildman–Crippen MR) is 109 cm³/mol. The number of aliphatic imine (C=N–C) groups is 1. The number of benzene rings is 1. The first kappa shape index (κ1) is 20.8. The van der Waals surface area contributed by atoms with Gasteiger partial charge >= 0.3 is 6.18 Å². The van der Waals surface area contributed by atoms with Crippen LogP contribution in [0.15, 0.2) is 59.5 Å². The third-order valence-corrected chi connectivity index (χ3v) is 6.13. The molecule has 1 fully saturated rings. The van der Waals surface area contributed by atoms with Gasteiger partial charge in [0.1, 0.15) is 0 Å². The van der Waals surface area contributed by atoms with Crippen LogP contribution in [0.3, 0.4) is 0 Å². The molecule has 7 heteroatoms. The molecule has 1 unspecified atom stereocenters. The Hall–Kier alpha value is -2.41. The molecule has 0 spiro atoms. The van der Waals surface area contributed by atoms with E-state index in [0.29, 0.717) is 18.5 Å². The monoisotopic (exact) mass is 417 g/mol. The zero-order chi connectivity index (χ0) is 21.4. The fourth-order valence-corrected chi connectivity index (χ4v) is 4.07. The zero-order valence-electron chi connectivity index (χ0n) is 17.0. The summed E-state index contributed by atoms with van der Waals surface area (Å²) in [5.74, 6) is 0. The minimum absolute atomic E-state index is 0.0549. The summed E-state index contributed by atoms with van der Waals surface area (Å²) in [6, 6.07) is 9.32. The zero-order valence-corrected chi connectivity index (χ0v) is 17.0. The maximum absolute atomic E-state index is 13.4. The molecule has 30 heavy (non-hydrogen) atoms. The number of aromatic nitrogens is 2. The van der Waals surface area contributed by atoms with Crippen LogP contribution in [0.4, 0.5) is 13.2 Å². The van der Waals surface area contributed by atoms with Gasteiger partial charge in [-0.1, -0.05) is 18.2 Å². The topological polar surface area (TPSA) is 50.4 Å². The van der Waals surface area contributed by atoms with Gasteiger partial charge < -0.3 is 5.11 Å². The van der Waals surface area contributed by atoms with Crippen LogP contribution in [0.25, 0.3) is 5.69 Å². The first-order valence-electron chi connectivity index (χ1n) is 10.3. The summed E-state index contributed by atoms with van der Waals surface area (Å²) in [5, 5.41) is 15.3. The summed E-state index contributed by atoms with van der Waals surface area (Å²) in [4.78, 5) is 4.59.